The Morgan fingerprint density at radius 2 is 1.94 bits per heavy atom. The SMILES string of the molecule is CNc1ncnc(N[C@H](CO)C(C)C)c1C. The van der Waals surface area contributed by atoms with Gasteiger partial charge in [-0.15, -0.1) is 0 Å². The van der Waals surface area contributed by atoms with Crippen LogP contribution in [0, 0.1) is 12.8 Å². The number of aliphatic hydroxyl groups excluding tert-OH is 1. The lowest BCUT2D eigenvalue weighted by Crippen LogP contribution is -2.30. The predicted octanol–water partition coefficient (Wildman–Crippen LogP) is 1.26. The molecule has 1 aromatic rings. The van der Waals surface area contributed by atoms with Crippen molar-refractivity contribution in [1.29, 1.82) is 0 Å². The molecular formula is C11H20N4O. The highest BCUT2D eigenvalue weighted by Crippen LogP contribution is 2.19. The highest BCUT2D eigenvalue weighted by atomic mass is 16.3. The van der Waals surface area contributed by atoms with E-state index in [-0.39, 0.29) is 12.6 Å². The molecule has 16 heavy (non-hydrogen) atoms. The zero-order chi connectivity index (χ0) is 12.1. The summed E-state index contributed by atoms with van der Waals surface area (Å²) in [5.41, 5.74) is 0.962. The lowest BCUT2D eigenvalue weighted by Gasteiger charge is -2.21. The maximum absolute atomic E-state index is 9.25. The first-order valence-corrected chi connectivity index (χ1v) is 5.46. The number of aromatic nitrogens is 2. The molecule has 0 saturated carbocycles. The van der Waals surface area contributed by atoms with Gasteiger partial charge in [0.25, 0.3) is 0 Å². The number of hydrogen-bond acceptors (Lipinski definition) is 5. The van der Waals surface area contributed by atoms with Crippen LogP contribution in [0.25, 0.3) is 0 Å². The van der Waals surface area contributed by atoms with Gasteiger partial charge in [-0.2, -0.15) is 0 Å². The summed E-state index contributed by atoms with van der Waals surface area (Å²) >= 11 is 0. The van der Waals surface area contributed by atoms with Crippen molar-refractivity contribution in [2.45, 2.75) is 26.8 Å². The zero-order valence-corrected chi connectivity index (χ0v) is 10.3. The van der Waals surface area contributed by atoms with Crippen LogP contribution in [0.15, 0.2) is 6.33 Å². The largest absolute Gasteiger partial charge is 0.394 e. The summed E-state index contributed by atoms with van der Waals surface area (Å²) < 4.78 is 0. The molecule has 5 heteroatoms. The summed E-state index contributed by atoms with van der Waals surface area (Å²) in [6.07, 6.45) is 1.51. The van der Waals surface area contributed by atoms with E-state index in [0.29, 0.717) is 5.92 Å². The fourth-order valence-corrected chi connectivity index (χ4v) is 1.45. The average molecular weight is 224 g/mol. The van der Waals surface area contributed by atoms with Crippen molar-refractivity contribution < 1.29 is 5.11 Å². The quantitative estimate of drug-likeness (QED) is 0.702. The van der Waals surface area contributed by atoms with E-state index in [2.05, 4.69) is 34.4 Å². The molecule has 1 aromatic heterocycles. The molecule has 90 valence electrons. The highest BCUT2D eigenvalue weighted by molar-refractivity contribution is 5.56. The van der Waals surface area contributed by atoms with Crippen LogP contribution in [0.4, 0.5) is 11.6 Å². The van der Waals surface area contributed by atoms with Crippen molar-refractivity contribution in [2.24, 2.45) is 5.92 Å². The Morgan fingerprint density at radius 3 is 2.44 bits per heavy atom. The number of hydrogen-bond donors (Lipinski definition) is 3. The molecule has 0 radical (unpaired) electrons. The molecule has 0 fully saturated rings. The molecule has 0 amide bonds. The topological polar surface area (TPSA) is 70.1 Å². The molecule has 0 unspecified atom stereocenters. The number of aliphatic hydroxyl groups is 1. The lowest BCUT2D eigenvalue weighted by atomic mass is 10.1. The van der Waals surface area contributed by atoms with Crippen molar-refractivity contribution in [3.63, 3.8) is 0 Å². The summed E-state index contributed by atoms with van der Waals surface area (Å²) in [4.78, 5) is 8.29. The van der Waals surface area contributed by atoms with E-state index < -0.39 is 0 Å². The van der Waals surface area contributed by atoms with Gasteiger partial charge in [0.2, 0.25) is 0 Å². The Hall–Kier alpha value is -1.36. The zero-order valence-electron chi connectivity index (χ0n) is 10.3. The molecule has 0 saturated heterocycles. The monoisotopic (exact) mass is 224 g/mol. The van der Waals surface area contributed by atoms with Gasteiger partial charge in [-0.1, -0.05) is 13.8 Å². The number of nitrogens with one attached hydrogen (secondary N) is 2. The van der Waals surface area contributed by atoms with E-state index in [1.54, 1.807) is 0 Å². The molecule has 3 N–H and O–H groups in total. The molecule has 1 rings (SSSR count). The van der Waals surface area contributed by atoms with Gasteiger partial charge in [0.1, 0.15) is 18.0 Å². The minimum absolute atomic E-state index is 0.0123. The van der Waals surface area contributed by atoms with Crippen LogP contribution >= 0.6 is 0 Å². The van der Waals surface area contributed by atoms with Gasteiger partial charge in [-0.25, -0.2) is 9.97 Å². The van der Waals surface area contributed by atoms with Gasteiger partial charge in [0, 0.05) is 12.6 Å². The van der Waals surface area contributed by atoms with Crippen molar-refractivity contribution in [3.8, 4) is 0 Å². The minimum atomic E-state index is 0.0123. The van der Waals surface area contributed by atoms with Crippen LogP contribution in [0.2, 0.25) is 0 Å². The van der Waals surface area contributed by atoms with Gasteiger partial charge in [0.05, 0.1) is 12.6 Å². The van der Waals surface area contributed by atoms with Crippen LogP contribution in [0.5, 0.6) is 0 Å². The van der Waals surface area contributed by atoms with Crippen molar-refractivity contribution >= 4 is 11.6 Å². The van der Waals surface area contributed by atoms with Crippen LogP contribution in [-0.2, 0) is 0 Å². The van der Waals surface area contributed by atoms with E-state index in [0.717, 1.165) is 17.2 Å². The molecular weight excluding hydrogens is 204 g/mol. The second-order valence-electron chi connectivity index (χ2n) is 4.12. The Morgan fingerprint density at radius 1 is 1.31 bits per heavy atom. The first-order chi connectivity index (χ1) is 7.60. The standard InChI is InChI=1S/C11H20N4O/c1-7(2)9(5-16)15-11-8(3)10(12-4)13-6-14-11/h6-7,9,16H,5H2,1-4H3,(H2,12,13,14,15)/t9-/m1/s1. The fourth-order valence-electron chi connectivity index (χ4n) is 1.45. The maximum Gasteiger partial charge on any atom is 0.134 e. The summed E-state index contributed by atoms with van der Waals surface area (Å²) in [5.74, 6) is 1.92. The second-order valence-corrected chi connectivity index (χ2v) is 4.12. The number of rotatable bonds is 5. The normalized spacial score (nSPS) is 12.6. The van der Waals surface area contributed by atoms with E-state index >= 15 is 0 Å². The predicted molar refractivity (Wildman–Crippen MR) is 65.7 cm³/mol. The third kappa shape index (κ3) is 2.82. The van der Waals surface area contributed by atoms with Crippen LogP contribution in [0.1, 0.15) is 19.4 Å². The molecule has 0 aliphatic carbocycles. The van der Waals surface area contributed by atoms with Crippen molar-refractivity contribution in [1.82, 2.24) is 9.97 Å². The fraction of sp³-hybridized carbons (Fsp3) is 0.636. The molecule has 1 heterocycles. The van der Waals surface area contributed by atoms with E-state index in [1.165, 1.54) is 6.33 Å². The van der Waals surface area contributed by atoms with Crippen LogP contribution in [0.3, 0.4) is 0 Å². The molecule has 0 spiro atoms. The summed E-state index contributed by atoms with van der Waals surface area (Å²) in [7, 11) is 1.82. The first-order valence-electron chi connectivity index (χ1n) is 5.46. The Bertz CT molecular complexity index is 341. The third-order valence-corrected chi connectivity index (χ3v) is 2.64. The molecule has 5 nitrogen and oxygen atoms in total. The first kappa shape index (κ1) is 12.7. The van der Waals surface area contributed by atoms with Gasteiger partial charge < -0.3 is 15.7 Å². The number of anilines is 2. The van der Waals surface area contributed by atoms with Gasteiger partial charge >= 0.3 is 0 Å². The molecule has 0 aliphatic heterocycles. The summed E-state index contributed by atoms with van der Waals surface area (Å²) in [5, 5.41) is 15.5. The third-order valence-electron chi connectivity index (χ3n) is 2.64. The Kier molecular flexibility index (Phi) is 4.49. The van der Waals surface area contributed by atoms with E-state index in [9.17, 15) is 5.11 Å². The summed E-state index contributed by atoms with van der Waals surface area (Å²) in [6, 6.07) is 0.0123. The molecule has 1 atom stereocenters. The van der Waals surface area contributed by atoms with Gasteiger partial charge in [0.15, 0.2) is 0 Å². The molecule has 0 bridgehead atoms. The molecule has 0 aromatic carbocycles. The van der Waals surface area contributed by atoms with E-state index in [4.69, 9.17) is 0 Å². The highest BCUT2D eigenvalue weighted by Gasteiger charge is 2.14. The van der Waals surface area contributed by atoms with Crippen molar-refractivity contribution in [3.05, 3.63) is 11.9 Å². The van der Waals surface area contributed by atoms with E-state index in [1.807, 2.05) is 14.0 Å². The lowest BCUT2D eigenvalue weighted by molar-refractivity contribution is 0.249. The van der Waals surface area contributed by atoms with Crippen LogP contribution < -0.4 is 10.6 Å². The van der Waals surface area contributed by atoms with Crippen LogP contribution in [-0.4, -0.2) is 34.8 Å². The summed E-state index contributed by atoms with van der Waals surface area (Å²) in [6.45, 7) is 6.16. The maximum atomic E-state index is 9.25. The Balaban J connectivity index is 2.88. The minimum Gasteiger partial charge on any atom is -0.394 e. The van der Waals surface area contributed by atoms with Gasteiger partial charge in [-0.05, 0) is 12.8 Å². The Labute approximate surface area is 96.3 Å². The average Bonchev–Trinajstić information content (AvgIpc) is 2.27. The number of nitrogens with zero attached hydrogens (tertiary/aromatic N) is 2. The smallest absolute Gasteiger partial charge is 0.134 e. The van der Waals surface area contributed by atoms with Gasteiger partial charge in [-0.3, -0.25) is 0 Å². The van der Waals surface area contributed by atoms with Crippen molar-refractivity contribution in [2.75, 3.05) is 24.3 Å². The molecule has 0 aliphatic rings. The second kappa shape index (κ2) is 5.65.